The van der Waals surface area contributed by atoms with E-state index in [1.807, 2.05) is 25.1 Å². The van der Waals surface area contributed by atoms with Crippen molar-refractivity contribution >= 4 is 11.8 Å². The molecule has 1 heterocycles. The fourth-order valence-electron chi connectivity index (χ4n) is 2.36. The maximum atomic E-state index is 12.1. The average molecular weight is 297 g/mol. The molecule has 0 aliphatic carbocycles. The van der Waals surface area contributed by atoms with Gasteiger partial charge >= 0.3 is 0 Å². The van der Waals surface area contributed by atoms with Crippen LogP contribution in [0.4, 0.5) is 0 Å². The maximum Gasteiger partial charge on any atom is 0.246 e. The van der Waals surface area contributed by atoms with Crippen LogP contribution in [0.25, 0.3) is 0 Å². The van der Waals surface area contributed by atoms with Crippen molar-refractivity contribution in [3.63, 3.8) is 0 Å². The van der Waals surface area contributed by atoms with Crippen LogP contribution in [0.1, 0.15) is 6.42 Å². The van der Waals surface area contributed by atoms with E-state index in [1.54, 1.807) is 37.1 Å². The molecular weight excluding hydrogens is 270 g/mol. The molecule has 6 heteroatoms. The number of likely N-dealkylation sites (tertiary alicyclic amines) is 1. The Morgan fingerprint density at radius 2 is 1.90 bits per heavy atom. The lowest BCUT2D eigenvalue weighted by Gasteiger charge is -2.18. The standard InChI is InChI=1S/C15H27N3O3/c1-16(2)8-6-7-14(19)18-10-12(13(11-18)21-5)9-15(20)17(3)4/h6-7,12-13H,8-11H2,1-5H3/b7-6+/t12-,13-/m0/s1. The summed E-state index contributed by atoms with van der Waals surface area (Å²) in [7, 11) is 9.02. The minimum Gasteiger partial charge on any atom is -0.379 e. The molecule has 0 N–H and O–H groups in total. The normalized spacial score (nSPS) is 22.3. The lowest BCUT2D eigenvalue weighted by atomic mass is 10.0. The molecule has 2 atom stereocenters. The Bertz CT molecular complexity index is 394. The van der Waals surface area contributed by atoms with Gasteiger partial charge in [-0.05, 0) is 14.1 Å². The minimum atomic E-state index is -0.0694. The summed E-state index contributed by atoms with van der Waals surface area (Å²) in [5.41, 5.74) is 0. The Morgan fingerprint density at radius 1 is 1.24 bits per heavy atom. The highest BCUT2D eigenvalue weighted by Crippen LogP contribution is 2.23. The van der Waals surface area contributed by atoms with E-state index in [0.717, 1.165) is 6.54 Å². The SMILES string of the molecule is CO[C@H]1CN(C(=O)/C=C/CN(C)C)C[C@@H]1CC(=O)N(C)C. The fraction of sp³-hybridized carbons (Fsp3) is 0.733. The number of hydrogen-bond donors (Lipinski definition) is 0. The monoisotopic (exact) mass is 297 g/mol. The molecule has 0 aromatic rings. The van der Waals surface area contributed by atoms with Crippen LogP contribution in [0, 0.1) is 5.92 Å². The first-order valence-electron chi connectivity index (χ1n) is 7.18. The van der Waals surface area contributed by atoms with Crippen molar-refractivity contribution in [3.05, 3.63) is 12.2 Å². The highest BCUT2D eigenvalue weighted by molar-refractivity contribution is 5.88. The van der Waals surface area contributed by atoms with Crippen molar-refractivity contribution in [1.82, 2.24) is 14.7 Å². The second-order valence-corrected chi connectivity index (χ2v) is 5.93. The molecule has 2 amide bonds. The first-order valence-corrected chi connectivity index (χ1v) is 7.18. The summed E-state index contributed by atoms with van der Waals surface area (Å²) < 4.78 is 5.43. The molecule has 1 saturated heterocycles. The average Bonchev–Trinajstić information content (AvgIpc) is 2.81. The van der Waals surface area contributed by atoms with Gasteiger partial charge in [-0.1, -0.05) is 6.08 Å². The molecule has 1 aliphatic heterocycles. The molecule has 1 aliphatic rings. The van der Waals surface area contributed by atoms with Crippen LogP contribution >= 0.6 is 0 Å². The van der Waals surface area contributed by atoms with E-state index in [4.69, 9.17) is 4.74 Å². The van der Waals surface area contributed by atoms with E-state index in [-0.39, 0.29) is 23.8 Å². The third-order valence-corrected chi connectivity index (χ3v) is 3.66. The van der Waals surface area contributed by atoms with Gasteiger partial charge in [0.2, 0.25) is 11.8 Å². The predicted molar refractivity (Wildman–Crippen MR) is 81.9 cm³/mol. The van der Waals surface area contributed by atoms with Crippen molar-refractivity contribution in [3.8, 4) is 0 Å². The van der Waals surface area contributed by atoms with E-state index in [1.165, 1.54) is 0 Å². The Balaban J connectivity index is 2.58. The van der Waals surface area contributed by atoms with E-state index in [0.29, 0.717) is 19.5 Å². The maximum absolute atomic E-state index is 12.1. The molecule has 1 rings (SSSR count). The predicted octanol–water partition coefficient (Wildman–Crippen LogP) is 0.0559. The van der Waals surface area contributed by atoms with E-state index in [2.05, 4.69) is 0 Å². The summed E-state index contributed by atoms with van der Waals surface area (Å²) in [6.45, 7) is 1.85. The van der Waals surface area contributed by atoms with Gasteiger partial charge in [-0.25, -0.2) is 0 Å². The van der Waals surface area contributed by atoms with Crippen molar-refractivity contribution in [2.75, 3.05) is 54.9 Å². The van der Waals surface area contributed by atoms with Gasteiger partial charge in [0, 0.05) is 59.3 Å². The molecular formula is C15H27N3O3. The largest absolute Gasteiger partial charge is 0.379 e. The van der Waals surface area contributed by atoms with E-state index < -0.39 is 0 Å². The molecule has 1 fully saturated rings. The fourth-order valence-corrected chi connectivity index (χ4v) is 2.36. The van der Waals surface area contributed by atoms with E-state index >= 15 is 0 Å². The number of hydrogen-bond acceptors (Lipinski definition) is 4. The molecule has 21 heavy (non-hydrogen) atoms. The summed E-state index contributed by atoms with van der Waals surface area (Å²) in [6, 6.07) is 0. The molecule has 0 saturated carbocycles. The van der Waals surface area contributed by atoms with Crippen LogP contribution in [-0.4, -0.2) is 87.6 Å². The first-order chi connectivity index (χ1) is 9.85. The molecule has 0 unspecified atom stereocenters. The van der Waals surface area contributed by atoms with Crippen LogP contribution in [0.5, 0.6) is 0 Å². The summed E-state index contributed by atoms with van der Waals surface area (Å²) in [6.07, 6.45) is 3.79. The van der Waals surface area contributed by atoms with Crippen LogP contribution in [0.15, 0.2) is 12.2 Å². The number of ether oxygens (including phenoxy) is 1. The molecule has 0 radical (unpaired) electrons. The molecule has 120 valence electrons. The third-order valence-electron chi connectivity index (χ3n) is 3.66. The molecule has 0 bridgehead atoms. The van der Waals surface area contributed by atoms with Gasteiger partial charge in [0.1, 0.15) is 0 Å². The Labute approximate surface area is 127 Å². The number of rotatable bonds is 6. The number of carbonyl (C=O) groups is 2. The Kier molecular flexibility index (Phi) is 6.84. The molecule has 6 nitrogen and oxygen atoms in total. The number of likely N-dealkylation sites (N-methyl/N-ethyl adjacent to an activating group) is 1. The summed E-state index contributed by atoms with van der Waals surface area (Å²) in [4.78, 5) is 29.3. The van der Waals surface area contributed by atoms with Crippen LogP contribution in [0.2, 0.25) is 0 Å². The van der Waals surface area contributed by atoms with Crippen molar-refractivity contribution in [1.29, 1.82) is 0 Å². The molecule has 0 aromatic carbocycles. The van der Waals surface area contributed by atoms with Crippen molar-refractivity contribution in [2.24, 2.45) is 5.92 Å². The summed E-state index contributed by atoms with van der Waals surface area (Å²) >= 11 is 0. The van der Waals surface area contributed by atoms with Gasteiger partial charge in [-0.3, -0.25) is 9.59 Å². The Hall–Kier alpha value is -1.40. The summed E-state index contributed by atoms with van der Waals surface area (Å²) in [5, 5.41) is 0. The van der Waals surface area contributed by atoms with Crippen LogP contribution in [-0.2, 0) is 14.3 Å². The van der Waals surface area contributed by atoms with E-state index in [9.17, 15) is 9.59 Å². The summed E-state index contributed by atoms with van der Waals surface area (Å²) in [5.74, 6) is 0.120. The third kappa shape index (κ3) is 5.47. The highest BCUT2D eigenvalue weighted by Gasteiger charge is 2.36. The zero-order chi connectivity index (χ0) is 16.0. The number of nitrogens with zero attached hydrogens (tertiary/aromatic N) is 3. The van der Waals surface area contributed by atoms with Gasteiger partial charge in [-0.15, -0.1) is 0 Å². The second-order valence-electron chi connectivity index (χ2n) is 5.93. The lowest BCUT2D eigenvalue weighted by Crippen LogP contribution is -2.29. The highest BCUT2D eigenvalue weighted by atomic mass is 16.5. The topological polar surface area (TPSA) is 53.1 Å². The molecule has 0 spiro atoms. The minimum absolute atomic E-state index is 0.0151. The van der Waals surface area contributed by atoms with Gasteiger partial charge in [-0.2, -0.15) is 0 Å². The Morgan fingerprint density at radius 3 is 2.43 bits per heavy atom. The van der Waals surface area contributed by atoms with Crippen molar-refractivity contribution in [2.45, 2.75) is 12.5 Å². The van der Waals surface area contributed by atoms with Gasteiger partial charge in [0.15, 0.2) is 0 Å². The smallest absolute Gasteiger partial charge is 0.246 e. The molecule has 0 aromatic heterocycles. The number of amides is 2. The van der Waals surface area contributed by atoms with Crippen molar-refractivity contribution < 1.29 is 14.3 Å². The number of carbonyl (C=O) groups excluding carboxylic acids is 2. The van der Waals surface area contributed by atoms with Gasteiger partial charge < -0.3 is 19.4 Å². The quantitative estimate of drug-likeness (QED) is 0.650. The second kappa shape index (κ2) is 8.14. The number of methoxy groups -OCH3 is 1. The van der Waals surface area contributed by atoms with Gasteiger partial charge in [0.05, 0.1) is 6.10 Å². The van der Waals surface area contributed by atoms with Gasteiger partial charge in [0.25, 0.3) is 0 Å². The lowest BCUT2D eigenvalue weighted by molar-refractivity contribution is -0.130. The van der Waals surface area contributed by atoms with Crippen LogP contribution < -0.4 is 0 Å². The zero-order valence-corrected chi connectivity index (χ0v) is 13.7. The van der Waals surface area contributed by atoms with Crippen LogP contribution in [0.3, 0.4) is 0 Å². The first kappa shape index (κ1) is 17.7. The zero-order valence-electron chi connectivity index (χ0n) is 13.7.